The lowest BCUT2D eigenvalue weighted by atomic mass is 10.3. The lowest BCUT2D eigenvalue weighted by Gasteiger charge is -2.04. The molecule has 0 aliphatic carbocycles. The largest absolute Gasteiger partial charge is 0.395 e. The van der Waals surface area contributed by atoms with Gasteiger partial charge >= 0.3 is 0 Å². The fraction of sp³-hybridized carbons (Fsp3) is 1.00. The third kappa shape index (κ3) is 8.47. The van der Waals surface area contributed by atoms with E-state index in [2.05, 4.69) is 12.2 Å². The second-order valence-electron chi connectivity index (χ2n) is 3.33. The Morgan fingerprint density at radius 1 is 1.14 bits per heavy atom. The van der Waals surface area contributed by atoms with Crippen molar-refractivity contribution < 1.29 is 13.5 Å². The zero-order valence-electron chi connectivity index (χ0n) is 8.83. The van der Waals surface area contributed by atoms with Crippen molar-refractivity contribution in [2.45, 2.75) is 26.2 Å². The van der Waals surface area contributed by atoms with E-state index in [-0.39, 0.29) is 12.4 Å². The Labute approximate surface area is 86.6 Å². The van der Waals surface area contributed by atoms with E-state index in [9.17, 15) is 8.42 Å². The molecule has 0 rings (SSSR count). The van der Waals surface area contributed by atoms with E-state index in [1.807, 2.05) is 0 Å². The minimum absolute atomic E-state index is 0.0515. The maximum atomic E-state index is 11.4. The highest BCUT2D eigenvalue weighted by atomic mass is 32.2. The Kier molecular flexibility index (Phi) is 8.12. The monoisotopic (exact) mass is 223 g/mol. The van der Waals surface area contributed by atoms with Crippen molar-refractivity contribution in [2.24, 2.45) is 0 Å². The van der Waals surface area contributed by atoms with E-state index in [0.717, 1.165) is 19.3 Å². The van der Waals surface area contributed by atoms with Crippen LogP contribution in [0.3, 0.4) is 0 Å². The first-order valence-electron chi connectivity index (χ1n) is 5.14. The molecule has 2 N–H and O–H groups in total. The summed E-state index contributed by atoms with van der Waals surface area (Å²) in [6, 6.07) is 0. The van der Waals surface area contributed by atoms with Gasteiger partial charge in [-0.15, -0.1) is 0 Å². The number of sulfone groups is 1. The van der Waals surface area contributed by atoms with Crippen molar-refractivity contribution in [3.8, 4) is 0 Å². The number of unbranched alkanes of at least 4 members (excludes halogenated alkanes) is 2. The van der Waals surface area contributed by atoms with Crippen LogP contribution in [-0.2, 0) is 9.84 Å². The van der Waals surface area contributed by atoms with E-state index in [4.69, 9.17) is 5.11 Å². The van der Waals surface area contributed by atoms with Gasteiger partial charge in [-0.2, -0.15) is 0 Å². The highest BCUT2D eigenvalue weighted by Crippen LogP contribution is 1.99. The van der Waals surface area contributed by atoms with Gasteiger partial charge in [-0.05, 0) is 6.42 Å². The molecule has 0 fully saturated rings. The Balaban J connectivity index is 3.52. The van der Waals surface area contributed by atoms with Crippen molar-refractivity contribution in [2.75, 3.05) is 31.2 Å². The Morgan fingerprint density at radius 3 is 2.43 bits per heavy atom. The van der Waals surface area contributed by atoms with Gasteiger partial charge in [0.15, 0.2) is 9.84 Å². The fourth-order valence-electron chi connectivity index (χ4n) is 1.11. The fourth-order valence-corrected chi connectivity index (χ4v) is 2.41. The lowest BCUT2D eigenvalue weighted by Crippen LogP contribution is -2.26. The molecule has 0 saturated carbocycles. The maximum absolute atomic E-state index is 11.4. The summed E-state index contributed by atoms with van der Waals surface area (Å²) >= 11 is 0. The number of aliphatic hydroxyl groups excluding tert-OH is 1. The molecule has 4 nitrogen and oxygen atoms in total. The zero-order chi connectivity index (χ0) is 10.9. The smallest absolute Gasteiger partial charge is 0.151 e. The van der Waals surface area contributed by atoms with Crippen molar-refractivity contribution in [1.82, 2.24) is 5.32 Å². The van der Waals surface area contributed by atoms with E-state index >= 15 is 0 Å². The molecular weight excluding hydrogens is 202 g/mol. The van der Waals surface area contributed by atoms with Crippen LogP contribution < -0.4 is 5.32 Å². The molecule has 0 amide bonds. The number of hydrogen-bond donors (Lipinski definition) is 2. The van der Waals surface area contributed by atoms with E-state index in [1.54, 1.807) is 0 Å². The topological polar surface area (TPSA) is 66.4 Å². The molecule has 0 heterocycles. The van der Waals surface area contributed by atoms with Crippen LogP contribution in [0.2, 0.25) is 0 Å². The quantitative estimate of drug-likeness (QED) is 0.547. The SMILES string of the molecule is CCCCCS(=O)(=O)CCNCCO. The number of hydrogen-bond acceptors (Lipinski definition) is 4. The van der Waals surface area contributed by atoms with Crippen LogP contribution in [0.4, 0.5) is 0 Å². The van der Waals surface area contributed by atoms with Gasteiger partial charge < -0.3 is 10.4 Å². The van der Waals surface area contributed by atoms with E-state index < -0.39 is 9.84 Å². The number of aliphatic hydroxyl groups is 1. The van der Waals surface area contributed by atoms with Gasteiger partial charge in [0.1, 0.15) is 0 Å². The third-order valence-electron chi connectivity index (χ3n) is 1.94. The third-order valence-corrected chi connectivity index (χ3v) is 3.67. The van der Waals surface area contributed by atoms with Crippen LogP contribution >= 0.6 is 0 Å². The van der Waals surface area contributed by atoms with Crippen LogP contribution in [-0.4, -0.2) is 44.7 Å². The summed E-state index contributed by atoms with van der Waals surface area (Å²) in [5, 5.41) is 11.3. The first-order chi connectivity index (χ1) is 6.62. The molecular formula is C9H21NO3S. The summed E-state index contributed by atoms with van der Waals surface area (Å²) in [6.07, 6.45) is 2.78. The molecule has 0 aromatic rings. The Hall–Kier alpha value is -0.130. The van der Waals surface area contributed by atoms with Gasteiger partial charge in [-0.25, -0.2) is 8.42 Å². The van der Waals surface area contributed by atoms with Crippen LogP contribution in [0, 0.1) is 0 Å². The van der Waals surface area contributed by atoms with Crippen molar-refractivity contribution in [3.63, 3.8) is 0 Å². The number of rotatable bonds is 9. The highest BCUT2D eigenvalue weighted by Gasteiger charge is 2.08. The standard InChI is InChI=1S/C9H21NO3S/c1-2-3-4-8-14(12,13)9-6-10-5-7-11/h10-11H,2-9H2,1H3. The summed E-state index contributed by atoms with van der Waals surface area (Å²) in [6.45, 7) is 3.00. The molecule has 86 valence electrons. The van der Waals surface area contributed by atoms with Gasteiger partial charge in [0.25, 0.3) is 0 Å². The summed E-state index contributed by atoms with van der Waals surface area (Å²) in [7, 11) is -2.88. The van der Waals surface area contributed by atoms with Crippen molar-refractivity contribution in [1.29, 1.82) is 0 Å². The van der Waals surface area contributed by atoms with Crippen LogP contribution in [0.1, 0.15) is 26.2 Å². The van der Waals surface area contributed by atoms with Gasteiger partial charge in [-0.3, -0.25) is 0 Å². The zero-order valence-corrected chi connectivity index (χ0v) is 9.65. The first kappa shape index (κ1) is 13.9. The molecule has 0 aliphatic heterocycles. The van der Waals surface area contributed by atoms with Gasteiger partial charge in [-0.1, -0.05) is 19.8 Å². The van der Waals surface area contributed by atoms with E-state index in [0.29, 0.717) is 18.8 Å². The maximum Gasteiger partial charge on any atom is 0.151 e. The summed E-state index contributed by atoms with van der Waals surface area (Å²) < 4.78 is 22.7. The minimum Gasteiger partial charge on any atom is -0.395 e. The number of nitrogens with one attached hydrogen (secondary N) is 1. The molecule has 0 atom stereocenters. The molecule has 0 bridgehead atoms. The molecule has 0 saturated heterocycles. The first-order valence-corrected chi connectivity index (χ1v) is 6.96. The molecule has 0 spiro atoms. The molecule has 0 aromatic carbocycles. The second-order valence-corrected chi connectivity index (χ2v) is 5.64. The molecule has 0 radical (unpaired) electrons. The van der Waals surface area contributed by atoms with Gasteiger partial charge in [0, 0.05) is 13.1 Å². The molecule has 0 aromatic heterocycles. The highest BCUT2D eigenvalue weighted by molar-refractivity contribution is 7.91. The van der Waals surface area contributed by atoms with E-state index in [1.165, 1.54) is 0 Å². The van der Waals surface area contributed by atoms with Crippen LogP contribution in [0.15, 0.2) is 0 Å². The Bertz CT molecular complexity index is 214. The summed E-state index contributed by atoms with van der Waals surface area (Å²) in [5.74, 6) is 0.471. The average Bonchev–Trinajstić information content (AvgIpc) is 2.13. The predicted octanol–water partition coefficient (Wildman–Crippen LogP) is 0.173. The second kappa shape index (κ2) is 8.20. The Morgan fingerprint density at radius 2 is 1.86 bits per heavy atom. The van der Waals surface area contributed by atoms with Gasteiger partial charge in [0.2, 0.25) is 0 Å². The van der Waals surface area contributed by atoms with Crippen molar-refractivity contribution >= 4 is 9.84 Å². The van der Waals surface area contributed by atoms with Crippen LogP contribution in [0.25, 0.3) is 0 Å². The summed E-state index contributed by atoms with van der Waals surface area (Å²) in [5.41, 5.74) is 0. The lowest BCUT2D eigenvalue weighted by molar-refractivity contribution is 0.293. The minimum atomic E-state index is -2.88. The molecule has 0 unspecified atom stereocenters. The van der Waals surface area contributed by atoms with Crippen LogP contribution in [0.5, 0.6) is 0 Å². The predicted molar refractivity (Wildman–Crippen MR) is 58.1 cm³/mol. The molecule has 5 heteroatoms. The molecule has 14 heavy (non-hydrogen) atoms. The normalized spacial score (nSPS) is 11.9. The summed E-state index contributed by atoms with van der Waals surface area (Å²) in [4.78, 5) is 0. The molecule has 0 aliphatic rings. The van der Waals surface area contributed by atoms with Crippen molar-refractivity contribution in [3.05, 3.63) is 0 Å². The van der Waals surface area contributed by atoms with Gasteiger partial charge in [0.05, 0.1) is 18.1 Å². The average molecular weight is 223 g/mol.